The van der Waals surface area contributed by atoms with Crippen LogP contribution in [-0.4, -0.2) is 23.9 Å². The van der Waals surface area contributed by atoms with E-state index < -0.39 is 5.91 Å². The van der Waals surface area contributed by atoms with Crippen LogP contribution in [0.2, 0.25) is 0 Å². The predicted molar refractivity (Wildman–Crippen MR) is 67.8 cm³/mol. The molecule has 1 heterocycles. The van der Waals surface area contributed by atoms with Crippen LogP contribution in [0, 0.1) is 5.41 Å². The maximum Gasteiger partial charge on any atom is 0.255 e. The topological polar surface area (TPSA) is 85.2 Å². The van der Waals surface area contributed by atoms with Gasteiger partial charge in [-0.3, -0.25) is 4.79 Å². The molecular weight excluding hydrogens is 224 g/mol. The molecule has 5 nitrogen and oxygen atoms in total. The van der Waals surface area contributed by atoms with Crippen LogP contribution < -0.4 is 16.4 Å². The van der Waals surface area contributed by atoms with Gasteiger partial charge in [-0.15, -0.1) is 0 Å². The molecule has 0 aliphatic heterocycles. The van der Waals surface area contributed by atoms with E-state index in [2.05, 4.69) is 25.1 Å². The van der Waals surface area contributed by atoms with Gasteiger partial charge in [0.25, 0.3) is 5.91 Å². The number of hydrogen-bond donors (Lipinski definition) is 2. The summed E-state index contributed by atoms with van der Waals surface area (Å²) in [6, 6.07) is 0. The van der Waals surface area contributed by atoms with Crippen LogP contribution in [0.1, 0.15) is 31.1 Å². The number of hydrogen-bond acceptors (Lipinski definition) is 5. The van der Waals surface area contributed by atoms with Crippen LogP contribution in [0.15, 0.2) is 0 Å². The van der Waals surface area contributed by atoms with E-state index in [-0.39, 0.29) is 11.2 Å². The first-order valence-electron chi connectivity index (χ1n) is 4.98. The summed E-state index contributed by atoms with van der Waals surface area (Å²) in [5, 5.41) is 0.736. The molecule has 1 aromatic heterocycles. The van der Waals surface area contributed by atoms with Crippen LogP contribution in [0.3, 0.4) is 0 Å². The highest BCUT2D eigenvalue weighted by Crippen LogP contribution is 2.31. The molecule has 0 saturated heterocycles. The van der Waals surface area contributed by atoms with Crippen molar-refractivity contribution in [2.75, 3.05) is 24.2 Å². The number of carbonyl (C=O) groups excluding carboxylic acids is 1. The molecule has 0 unspecified atom stereocenters. The van der Waals surface area contributed by atoms with Gasteiger partial charge in [0.2, 0.25) is 0 Å². The normalized spacial score (nSPS) is 11.5. The van der Waals surface area contributed by atoms with E-state index in [1.807, 2.05) is 11.9 Å². The summed E-state index contributed by atoms with van der Waals surface area (Å²) >= 11 is 1.20. The average molecular weight is 242 g/mol. The molecule has 1 amide bonds. The minimum Gasteiger partial charge on any atom is -0.382 e. The van der Waals surface area contributed by atoms with Crippen molar-refractivity contribution in [1.82, 2.24) is 4.37 Å². The third-order valence-electron chi connectivity index (χ3n) is 2.01. The number of carbonyl (C=O) groups is 1. The first kappa shape index (κ1) is 12.8. The van der Waals surface area contributed by atoms with E-state index in [4.69, 9.17) is 11.5 Å². The predicted octanol–water partition coefficient (Wildman–Crippen LogP) is 1.31. The molecule has 0 atom stereocenters. The van der Waals surface area contributed by atoms with Crippen molar-refractivity contribution in [2.24, 2.45) is 11.1 Å². The average Bonchev–Trinajstić information content (AvgIpc) is 2.43. The summed E-state index contributed by atoms with van der Waals surface area (Å²) in [6.45, 7) is 7.17. The van der Waals surface area contributed by atoms with Gasteiger partial charge in [-0.05, 0) is 16.9 Å². The van der Waals surface area contributed by atoms with Crippen molar-refractivity contribution >= 4 is 28.3 Å². The zero-order valence-corrected chi connectivity index (χ0v) is 10.9. The number of rotatable bonds is 3. The second-order valence-electron chi connectivity index (χ2n) is 5.03. The van der Waals surface area contributed by atoms with E-state index in [9.17, 15) is 4.79 Å². The fourth-order valence-corrected chi connectivity index (χ4v) is 2.35. The van der Waals surface area contributed by atoms with E-state index >= 15 is 0 Å². The molecule has 0 aromatic carbocycles. The summed E-state index contributed by atoms with van der Waals surface area (Å²) in [7, 11) is 1.91. The van der Waals surface area contributed by atoms with E-state index in [0.29, 0.717) is 5.56 Å². The maximum absolute atomic E-state index is 11.3. The summed E-state index contributed by atoms with van der Waals surface area (Å²) in [4.78, 5) is 13.2. The number of nitrogen functional groups attached to an aromatic ring is 1. The first-order chi connectivity index (χ1) is 7.22. The van der Waals surface area contributed by atoms with Gasteiger partial charge in [-0.25, -0.2) is 0 Å². The smallest absolute Gasteiger partial charge is 0.255 e. The zero-order valence-electron chi connectivity index (χ0n) is 10.1. The quantitative estimate of drug-likeness (QED) is 0.836. The van der Waals surface area contributed by atoms with Crippen molar-refractivity contribution < 1.29 is 4.79 Å². The maximum atomic E-state index is 11.3. The van der Waals surface area contributed by atoms with Gasteiger partial charge in [-0.1, -0.05) is 20.8 Å². The Morgan fingerprint density at radius 2 is 2.06 bits per heavy atom. The fraction of sp³-hybridized carbons (Fsp3) is 0.600. The van der Waals surface area contributed by atoms with Crippen LogP contribution >= 0.6 is 11.5 Å². The van der Waals surface area contributed by atoms with E-state index in [1.54, 1.807) is 0 Å². The van der Waals surface area contributed by atoms with Gasteiger partial charge in [0.15, 0.2) is 5.82 Å². The molecule has 0 saturated carbocycles. The number of primary amides is 1. The second-order valence-corrected chi connectivity index (χ2v) is 5.78. The van der Waals surface area contributed by atoms with Crippen LogP contribution in [0.5, 0.6) is 0 Å². The Morgan fingerprint density at radius 3 is 2.50 bits per heavy atom. The lowest BCUT2D eigenvalue weighted by molar-refractivity contribution is 0.100. The zero-order chi connectivity index (χ0) is 12.5. The van der Waals surface area contributed by atoms with Crippen molar-refractivity contribution in [3.63, 3.8) is 0 Å². The lowest BCUT2D eigenvalue weighted by Gasteiger charge is -2.27. The van der Waals surface area contributed by atoms with Crippen molar-refractivity contribution in [3.8, 4) is 0 Å². The van der Waals surface area contributed by atoms with Gasteiger partial charge in [0.1, 0.15) is 10.6 Å². The molecule has 16 heavy (non-hydrogen) atoms. The Hall–Kier alpha value is -1.30. The van der Waals surface area contributed by atoms with Crippen LogP contribution in [-0.2, 0) is 0 Å². The molecule has 0 fully saturated rings. The minimum absolute atomic E-state index is 0.127. The summed E-state index contributed by atoms with van der Waals surface area (Å²) in [6.07, 6.45) is 0. The highest BCUT2D eigenvalue weighted by Gasteiger charge is 2.22. The van der Waals surface area contributed by atoms with E-state index in [1.165, 1.54) is 11.5 Å². The van der Waals surface area contributed by atoms with Gasteiger partial charge < -0.3 is 16.4 Å². The summed E-state index contributed by atoms with van der Waals surface area (Å²) < 4.78 is 3.97. The Bertz CT molecular complexity index is 394. The molecule has 0 spiro atoms. The second kappa shape index (κ2) is 4.29. The number of nitrogens with zero attached hydrogens (tertiary/aromatic N) is 2. The van der Waals surface area contributed by atoms with Gasteiger partial charge in [0.05, 0.1) is 0 Å². The molecule has 0 aliphatic carbocycles. The third-order valence-corrected chi connectivity index (χ3v) is 2.98. The molecular formula is C10H18N4OS. The Morgan fingerprint density at radius 1 is 1.50 bits per heavy atom. The Kier molecular flexibility index (Phi) is 3.42. The van der Waals surface area contributed by atoms with Gasteiger partial charge >= 0.3 is 0 Å². The largest absolute Gasteiger partial charge is 0.382 e. The molecule has 0 bridgehead atoms. The molecule has 6 heteroatoms. The van der Waals surface area contributed by atoms with Gasteiger partial charge in [-0.2, -0.15) is 4.37 Å². The molecule has 4 N–H and O–H groups in total. The van der Waals surface area contributed by atoms with E-state index in [0.717, 1.165) is 11.5 Å². The molecule has 0 aliphatic rings. The molecule has 90 valence electrons. The first-order valence-corrected chi connectivity index (χ1v) is 5.76. The standard InChI is InChI=1S/C10H18N4OS/c1-10(2,3)5-14(4)9-6(8(12)15)7(11)13-16-9/h5H2,1-4H3,(H2,11,13)(H2,12,15). The number of anilines is 2. The highest BCUT2D eigenvalue weighted by atomic mass is 32.1. The number of amides is 1. The van der Waals surface area contributed by atoms with Crippen molar-refractivity contribution in [1.29, 1.82) is 0 Å². The Balaban J connectivity index is 3.00. The van der Waals surface area contributed by atoms with Crippen LogP contribution in [0.4, 0.5) is 10.8 Å². The number of nitrogens with two attached hydrogens (primary N) is 2. The minimum atomic E-state index is -0.526. The monoisotopic (exact) mass is 242 g/mol. The lowest BCUT2D eigenvalue weighted by atomic mass is 9.96. The molecule has 0 radical (unpaired) electrons. The Labute approximate surface area is 99.6 Å². The summed E-state index contributed by atoms with van der Waals surface area (Å²) in [5.74, 6) is -0.310. The third kappa shape index (κ3) is 2.85. The van der Waals surface area contributed by atoms with Gasteiger partial charge in [0, 0.05) is 13.6 Å². The lowest BCUT2D eigenvalue weighted by Crippen LogP contribution is -2.30. The van der Waals surface area contributed by atoms with Crippen molar-refractivity contribution in [2.45, 2.75) is 20.8 Å². The van der Waals surface area contributed by atoms with Crippen LogP contribution in [0.25, 0.3) is 0 Å². The highest BCUT2D eigenvalue weighted by molar-refractivity contribution is 7.11. The molecule has 1 aromatic rings. The number of aromatic nitrogens is 1. The molecule has 1 rings (SSSR count). The van der Waals surface area contributed by atoms with Crippen molar-refractivity contribution in [3.05, 3.63) is 5.56 Å². The SMILES string of the molecule is CN(CC(C)(C)C)c1snc(N)c1C(N)=O. The fourth-order valence-electron chi connectivity index (χ4n) is 1.57. The summed E-state index contributed by atoms with van der Waals surface area (Å²) in [5.41, 5.74) is 11.4.